The predicted octanol–water partition coefficient (Wildman–Crippen LogP) is 4.73. The Labute approximate surface area is 193 Å². The predicted molar refractivity (Wildman–Crippen MR) is 120 cm³/mol. The molecular weight excluding hydrogens is 445 g/mol. The van der Waals surface area contributed by atoms with Gasteiger partial charge in [0.2, 0.25) is 0 Å². The van der Waals surface area contributed by atoms with E-state index in [0.29, 0.717) is 28.3 Å². The second kappa shape index (κ2) is 9.05. The lowest BCUT2D eigenvalue weighted by Gasteiger charge is -2.28. The quantitative estimate of drug-likeness (QED) is 0.457. The molecule has 4 aromatic rings. The number of fused-ring (bicyclic) bond motifs is 1. The van der Waals surface area contributed by atoms with Crippen LogP contribution < -0.4 is 5.73 Å². The van der Waals surface area contributed by atoms with Gasteiger partial charge in [-0.2, -0.15) is 13.2 Å². The zero-order chi connectivity index (χ0) is 24.5. The highest BCUT2D eigenvalue weighted by molar-refractivity contribution is 5.98. The number of rotatable bonds is 5. The molecule has 174 valence electrons. The number of benzene rings is 1. The van der Waals surface area contributed by atoms with E-state index in [1.54, 1.807) is 43.6 Å². The van der Waals surface area contributed by atoms with Crippen LogP contribution in [0.25, 0.3) is 10.9 Å². The van der Waals surface area contributed by atoms with Gasteiger partial charge in [-0.25, -0.2) is 15.0 Å². The van der Waals surface area contributed by atoms with E-state index in [2.05, 4.69) is 19.9 Å². The molecule has 34 heavy (non-hydrogen) atoms. The minimum Gasteiger partial charge on any atom is -0.383 e. The Balaban J connectivity index is 1.70. The molecule has 2 N–H and O–H groups in total. The van der Waals surface area contributed by atoms with Crippen molar-refractivity contribution in [2.24, 2.45) is 0 Å². The molecule has 0 spiro atoms. The number of pyridine rings is 2. The molecule has 0 radical (unpaired) electrons. The Bertz CT molecular complexity index is 1330. The van der Waals surface area contributed by atoms with Crippen LogP contribution >= 0.6 is 0 Å². The Kier molecular flexibility index (Phi) is 6.14. The van der Waals surface area contributed by atoms with Crippen molar-refractivity contribution in [3.63, 3.8) is 0 Å². The van der Waals surface area contributed by atoms with E-state index in [4.69, 9.17) is 5.73 Å². The SMILES string of the molecule is Cc1cc2cc(C(=O)N(Cc3ccc(C(F)(F)F)nc3)[C@H](C)c3ncccn3)ccc2nc1N. The summed E-state index contributed by atoms with van der Waals surface area (Å²) in [7, 11) is 0. The zero-order valence-electron chi connectivity index (χ0n) is 18.4. The summed E-state index contributed by atoms with van der Waals surface area (Å²) in [5, 5.41) is 0.748. The van der Waals surface area contributed by atoms with Gasteiger partial charge in [-0.05, 0) is 61.4 Å². The van der Waals surface area contributed by atoms with Crippen molar-refractivity contribution in [3.05, 3.63) is 89.3 Å². The van der Waals surface area contributed by atoms with E-state index in [9.17, 15) is 18.0 Å². The fourth-order valence-electron chi connectivity index (χ4n) is 3.53. The number of amides is 1. The second-order valence-corrected chi connectivity index (χ2v) is 7.86. The third-order valence-corrected chi connectivity index (χ3v) is 5.45. The van der Waals surface area contributed by atoms with Gasteiger partial charge in [-0.15, -0.1) is 0 Å². The normalized spacial score (nSPS) is 12.5. The zero-order valence-corrected chi connectivity index (χ0v) is 18.4. The fraction of sp³-hybridized carbons (Fsp3) is 0.208. The molecule has 10 heteroatoms. The number of hydrogen-bond acceptors (Lipinski definition) is 6. The maximum absolute atomic E-state index is 13.6. The van der Waals surface area contributed by atoms with Gasteiger partial charge < -0.3 is 10.6 Å². The lowest BCUT2D eigenvalue weighted by Crippen LogP contribution is -2.34. The molecule has 1 atom stereocenters. The van der Waals surface area contributed by atoms with E-state index in [1.165, 1.54) is 11.0 Å². The van der Waals surface area contributed by atoms with Gasteiger partial charge >= 0.3 is 6.18 Å². The average molecular weight is 466 g/mol. The molecule has 1 aromatic carbocycles. The highest BCUT2D eigenvalue weighted by Crippen LogP contribution is 2.28. The van der Waals surface area contributed by atoms with Gasteiger partial charge in [0, 0.05) is 36.1 Å². The van der Waals surface area contributed by atoms with Crippen LogP contribution in [-0.4, -0.2) is 30.7 Å². The van der Waals surface area contributed by atoms with Gasteiger partial charge in [0.25, 0.3) is 5.91 Å². The molecule has 0 fully saturated rings. The van der Waals surface area contributed by atoms with Crippen molar-refractivity contribution < 1.29 is 18.0 Å². The average Bonchev–Trinajstić information content (AvgIpc) is 2.82. The topological polar surface area (TPSA) is 97.9 Å². The second-order valence-electron chi connectivity index (χ2n) is 7.86. The summed E-state index contributed by atoms with van der Waals surface area (Å²) >= 11 is 0. The third kappa shape index (κ3) is 4.80. The Morgan fingerprint density at radius 2 is 1.82 bits per heavy atom. The standard InChI is InChI=1S/C24H21F3N6O/c1-14-10-18-11-17(5-6-19(18)32-21(14)28)23(34)33(15(2)22-29-8-3-9-30-22)13-16-4-7-20(31-12-16)24(25,26)27/h3-12,15H,13H2,1-2H3,(H2,28,32)/t15-/m1/s1. The monoisotopic (exact) mass is 466 g/mol. The van der Waals surface area contributed by atoms with Crippen molar-refractivity contribution in [2.75, 3.05) is 5.73 Å². The minimum atomic E-state index is -4.54. The summed E-state index contributed by atoms with van der Waals surface area (Å²) in [5.41, 5.74) is 7.16. The van der Waals surface area contributed by atoms with Crippen molar-refractivity contribution in [1.82, 2.24) is 24.8 Å². The van der Waals surface area contributed by atoms with Gasteiger partial charge in [0.05, 0.1) is 11.6 Å². The number of nitrogen functional groups attached to an aromatic ring is 1. The summed E-state index contributed by atoms with van der Waals surface area (Å²) < 4.78 is 38.7. The number of nitrogens with zero attached hydrogens (tertiary/aromatic N) is 5. The van der Waals surface area contributed by atoms with Gasteiger partial charge in [-0.1, -0.05) is 6.07 Å². The van der Waals surface area contributed by atoms with Gasteiger partial charge in [0.15, 0.2) is 0 Å². The molecule has 0 saturated carbocycles. The first-order valence-corrected chi connectivity index (χ1v) is 10.4. The van der Waals surface area contributed by atoms with Crippen molar-refractivity contribution in [3.8, 4) is 0 Å². The largest absolute Gasteiger partial charge is 0.433 e. The number of aromatic nitrogens is 4. The molecular formula is C24H21F3N6O. The molecule has 3 heterocycles. The number of alkyl halides is 3. The highest BCUT2D eigenvalue weighted by Gasteiger charge is 2.32. The summed E-state index contributed by atoms with van der Waals surface area (Å²) in [4.78, 5) is 31.4. The number of carbonyl (C=O) groups is 1. The van der Waals surface area contributed by atoms with Crippen LogP contribution in [0.15, 0.2) is 61.1 Å². The minimum absolute atomic E-state index is 0.0143. The van der Waals surface area contributed by atoms with E-state index in [0.717, 1.165) is 23.2 Å². The van der Waals surface area contributed by atoms with Crippen molar-refractivity contribution in [1.29, 1.82) is 0 Å². The first kappa shape index (κ1) is 23.1. The van der Waals surface area contributed by atoms with Crippen LogP contribution in [0.5, 0.6) is 0 Å². The number of nitrogens with two attached hydrogens (primary N) is 1. The molecule has 7 nitrogen and oxygen atoms in total. The third-order valence-electron chi connectivity index (χ3n) is 5.45. The molecule has 0 unspecified atom stereocenters. The Morgan fingerprint density at radius 1 is 1.09 bits per heavy atom. The molecule has 0 aliphatic rings. The molecule has 0 aliphatic carbocycles. The summed E-state index contributed by atoms with van der Waals surface area (Å²) in [6.07, 6.45) is -0.288. The fourth-order valence-corrected chi connectivity index (χ4v) is 3.53. The summed E-state index contributed by atoms with van der Waals surface area (Å²) in [5.74, 6) is 0.482. The van der Waals surface area contributed by atoms with Crippen molar-refractivity contribution >= 4 is 22.6 Å². The number of hydrogen-bond donors (Lipinski definition) is 1. The lowest BCUT2D eigenvalue weighted by atomic mass is 10.1. The molecule has 0 saturated heterocycles. The van der Waals surface area contributed by atoms with Crippen LogP contribution in [0.4, 0.5) is 19.0 Å². The smallest absolute Gasteiger partial charge is 0.383 e. The van der Waals surface area contributed by atoms with E-state index >= 15 is 0 Å². The van der Waals surface area contributed by atoms with Crippen LogP contribution in [0.2, 0.25) is 0 Å². The molecule has 3 aromatic heterocycles. The maximum Gasteiger partial charge on any atom is 0.433 e. The lowest BCUT2D eigenvalue weighted by molar-refractivity contribution is -0.141. The van der Waals surface area contributed by atoms with E-state index < -0.39 is 17.9 Å². The van der Waals surface area contributed by atoms with Crippen LogP contribution in [0.3, 0.4) is 0 Å². The van der Waals surface area contributed by atoms with E-state index in [1.807, 2.05) is 13.0 Å². The first-order valence-electron chi connectivity index (χ1n) is 10.4. The molecule has 1 amide bonds. The number of aryl methyl sites for hydroxylation is 1. The maximum atomic E-state index is 13.6. The van der Waals surface area contributed by atoms with Crippen LogP contribution in [-0.2, 0) is 12.7 Å². The summed E-state index contributed by atoms with van der Waals surface area (Å²) in [6, 6.07) is 10.2. The van der Waals surface area contributed by atoms with E-state index in [-0.39, 0.29) is 12.5 Å². The number of carbonyl (C=O) groups excluding carboxylic acids is 1. The number of anilines is 1. The van der Waals surface area contributed by atoms with Crippen LogP contribution in [0, 0.1) is 6.92 Å². The molecule has 0 aliphatic heterocycles. The van der Waals surface area contributed by atoms with Gasteiger partial charge in [-0.3, -0.25) is 9.78 Å². The Morgan fingerprint density at radius 3 is 2.47 bits per heavy atom. The first-order chi connectivity index (χ1) is 16.1. The van der Waals surface area contributed by atoms with Gasteiger partial charge in [0.1, 0.15) is 17.3 Å². The highest BCUT2D eigenvalue weighted by atomic mass is 19.4. The number of halogens is 3. The molecule has 4 rings (SSSR count). The van der Waals surface area contributed by atoms with Crippen molar-refractivity contribution in [2.45, 2.75) is 32.6 Å². The summed E-state index contributed by atoms with van der Waals surface area (Å²) in [6.45, 7) is 3.60. The Hall–Kier alpha value is -4.08. The molecule has 0 bridgehead atoms. The van der Waals surface area contributed by atoms with Crippen LogP contribution in [0.1, 0.15) is 46.0 Å².